The normalized spacial score (nSPS) is 13.0. The molecule has 0 aromatic heterocycles. The SMILES string of the molecule is CC/C=C\C/C=C\C/C=C\C/C=C\CCCCC(=O)OC(COCCC/C=C\C/C=C\C/C=C\C/C=C\CC)COC(=O)CCCCCCCCCCCCCCCCCCCCC. The highest BCUT2D eigenvalue weighted by molar-refractivity contribution is 5.70. The smallest absolute Gasteiger partial charge is 0.306 e. The molecular formula is C59H100O5. The van der Waals surface area contributed by atoms with Crippen molar-refractivity contribution in [2.75, 3.05) is 19.8 Å². The molecule has 5 nitrogen and oxygen atoms in total. The number of esters is 2. The van der Waals surface area contributed by atoms with Crippen LogP contribution in [0.5, 0.6) is 0 Å². The molecule has 0 saturated carbocycles. The number of carbonyl (C=O) groups excluding carboxylic acids is 2. The van der Waals surface area contributed by atoms with Gasteiger partial charge in [0, 0.05) is 19.4 Å². The van der Waals surface area contributed by atoms with Gasteiger partial charge < -0.3 is 14.2 Å². The van der Waals surface area contributed by atoms with Gasteiger partial charge in [-0.25, -0.2) is 0 Å². The minimum atomic E-state index is -0.590. The summed E-state index contributed by atoms with van der Waals surface area (Å²) in [4.78, 5) is 25.4. The summed E-state index contributed by atoms with van der Waals surface area (Å²) in [6.45, 7) is 7.43. The Morgan fingerprint density at radius 1 is 0.359 bits per heavy atom. The molecular weight excluding hydrogens is 789 g/mol. The molecule has 0 amide bonds. The summed E-state index contributed by atoms with van der Waals surface area (Å²) in [7, 11) is 0. The van der Waals surface area contributed by atoms with Gasteiger partial charge in [0.1, 0.15) is 6.61 Å². The zero-order chi connectivity index (χ0) is 46.3. The van der Waals surface area contributed by atoms with Crippen molar-refractivity contribution < 1.29 is 23.8 Å². The standard InChI is InChI=1S/C59H100O5/c1-4-7-10-13-16-19-22-25-28-29-30-31-33-34-37-40-43-46-49-52-58(60)63-56-57(55-62-54-51-48-45-42-39-36-27-24-21-18-15-12-9-6-3)64-59(61)53-50-47-44-41-38-35-32-26-23-20-17-14-11-8-5-2/h8-9,11-12,17-18,20-21,26-27,32,36,38,41-42,45,57H,4-7,10,13-16,19,22-25,28-31,33-35,37,39-40,43-44,46-56H2,1-3H3/b11-8-,12-9-,20-17-,21-18-,32-26-,36-27-,41-38-,45-42-. The summed E-state index contributed by atoms with van der Waals surface area (Å²) < 4.78 is 17.3. The van der Waals surface area contributed by atoms with Crippen LogP contribution in [0.4, 0.5) is 0 Å². The van der Waals surface area contributed by atoms with E-state index in [1.54, 1.807) is 0 Å². The molecule has 0 N–H and O–H groups in total. The van der Waals surface area contributed by atoms with Crippen LogP contribution >= 0.6 is 0 Å². The molecule has 1 atom stereocenters. The Morgan fingerprint density at radius 2 is 0.703 bits per heavy atom. The van der Waals surface area contributed by atoms with Crippen LogP contribution in [-0.4, -0.2) is 37.9 Å². The van der Waals surface area contributed by atoms with Gasteiger partial charge in [0.25, 0.3) is 0 Å². The Labute approximate surface area is 396 Å². The van der Waals surface area contributed by atoms with E-state index in [2.05, 4.69) is 118 Å². The number of unbranched alkanes of at least 4 members (excludes halogenated alkanes) is 21. The molecule has 0 fully saturated rings. The Kier molecular flexibility index (Phi) is 51.5. The molecule has 0 aromatic carbocycles. The van der Waals surface area contributed by atoms with Crippen LogP contribution in [0, 0.1) is 0 Å². The van der Waals surface area contributed by atoms with Gasteiger partial charge in [0.2, 0.25) is 0 Å². The lowest BCUT2D eigenvalue weighted by Crippen LogP contribution is -2.30. The third-order valence-corrected chi connectivity index (χ3v) is 11.1. The molecule has 0 radical (unpaired) electrons. The molecule has 0 aliphatic carbocycles. The van der Waals surface area contributed by atoms with E-state index < -0.39 is 6.10 Å². The second-order valence-electron chi connectivity index (χ2n) is 17.4. The topological polar surface area (TPSA) is 61.8 Å². The average molecular weight is 889 g/mol. The number of hydrogen-bond acceptors (Lipinski definition) is 5. The fraction of sp³-hybridized carbons (Fsp3) is 0.695. The van der Waals surface area contributed by atoms with E-state index in [0.717, 1.165) is 96.3 Å². The van der Waals surface area contributed by atoms with Gasteiger partial charge in [-0.3, -0.25) is 9.59 Å². The average Bonchev–Trinajstić information content (AvgIpc) is 3.30. The predicted octanol–water partition coefficient (Wildman–Crippen LogP) is 18.2. The van der Waals surface area contributed by atoms with Crippen LogP contribution in [0.15, 0.2) is 97.2 Å². The first-order chi connectivity index (χ1) is 31.6. The number of ether oxygens (including phenoxy) is 3. The quantitative estimate of drug-likeness (QED) is 0.0346. The van der Waals surface area contributed by atoms with Crippen molar-refractivity contribution in [1.82, 2.24) is 0 Å². The Balaban J connectivity index is 4.36. The Morgan fingerprint density at radius 3 is 1.12 bits per heavy atom. The number of carbonyl (C=O) groups is 2. The van der Waals surface area contributed by atoms with E-state index >= 15 is 0 Å². The van der Waals surface area contributed by atoms with Crippen molar-refractivity contribution in [1.29, 1.82) is 0 Å². The molecule has 0 aromatic rings. The van der Waals surface area contributed by atoms with Gasteiger partial charge in [-0.05, 0) is 89.9 Å². The summed E-state index contributed by atoms with van der Waals surface area (Å²) in [5, 5.41) is 0. The van der Waals surface area contributed by atoms with Gasteiger partial charge >= 0.3 is 11.9 Å². The minimum Gasteiger partial charge on any atom is -0.462 e. The third kappa shape index (κ3) is 51.5. The van der Waals surface area contributed by atoms with Crippen LogP contribution < -0.4 is 0 Å². The van der Waals surface area contributed by atoms with Crippen molar-refractivity contribution >= 4 is 11.9 Å². The van der Waals surface area contributed by atoms with Crippen molar-refractivity contribution in [3.8, 4) is 0 Å². The van der Waals surface area contributed by atoms with Crippen molar-refractivity contribution in [3.05, 3.63) is 97.2 Å². The maximum absolute atomic E-state index is 12.8. The lowest BCUT2D eigenvalue weighted by atomic mass is 10.0. The Hall–Kier alpha value is -3.18. The lowest BCUT2D eigenvalue weighted by molar-refractivity contribution is -0.163. The number of hydrogen-bond donors (Lipinski definition) is 0. The summed E-state index contributed by atoms with van der Waals surface area (Å²) in [5.41, 5.74) is 0. The minimum absolute atomic E-state index is 0.0442. The summed E-state index contributed by atoms with van der Waals surface area (Å²) >= 11 is 0. The highest BCUT2D eigenvalue weighted by atomic mass is 16.6. The maximum atomic E-state index is 12.8. The van der Waals surface area contributed by atoms with Gasteiger partial charge in [0.05, 0.1) is 6.61 Å². The van der Waals surface area contributed by atoms with Crippen molar-refractivity contribution in [2.24, 2.45) is 0 Å². The van der Waals surface area contributed by atoms with Crippen molar-refractivity contribution in [3.63, 3.8) is 0 Å². The lowest BCUT2D eigenvalue weighted by Gasteiger charge is -2.18. The fourth-order valence-electron chi connectivity index (χ4n) is 7.21. The number of allylic oxidation sites excluding steroid dienone is 16. The molecule has 64 heavy (non-hydrogen) atoms. The fourth-order valence-corrected chi connectivity index (χ4v) is 7.21. The first kappa shape index (κ1) is 60.8. The van der Waals surface area contributed by atoms with E-state index in [0.29, 0.717) is 19.4 Å². The van der Waals surface area contributed by atoms with Gasteiger partial charge in [-0.2, -0.15) is 0 Å². The monoisotopic (exact) mass is 889 g/mol. The first-order valence-electron chi connectivity index (χ1n) is 26.8. The zero-order valence-electron chi connectivity index (χ0n) is 42.0. The first-order valence-corrected chi connectivity index (χ1v) is 26.8. The van der Waals surface area contributed by atoms with E-state index in [-0.39, 0.29) is 25.2 Å². The van der Waals surface area contributed by atoms with E-state index in [1.807, 2.05) is 0 Å². The molecule has 5 heteroatoms. The number of rotatable bonds is 48. The van der Waals surface area contributed by atoms with Crippen LogP contribution in [0.25, 0.3) is 0 Å². The molecule has 0 aliphatic heterocycles. The second-order valence-corrected chi connectivity index (χ2v) is 17.4. The molecule has 0 heterocycles. The zero-order valence-corrected chi connectivity index (χ0v) is 42.0. The predicted molar refractivity (Wildman–Crippen MR) is 279 cm³/mol. The largest absolute Gasteiger partial charge is 0.462 e. The molecule has 0 spiro atoms. The van der Waals surface area contributed by atoms with Gasteiger partial charge in [0.15, 0.2) is 6.10 Å². The van der Waals surface area contributed by atoms with Crippen LogP contribution in [0.2, 0.25) is 0 Å². The van der Waals surface area contributed by atoms with Gasteiger partial charge in [-0.1, -0.05) is 234 Å². The van der Waals surface area contributed by atoms with E-state index in [4.69, 9.17) is 14.2 Å². The van der Waals surface area contributed by atoms with Crippen LogP contribution in [0.1, 0.15) is 239 Å². The molecule has 0 saturated heterocycles. The van der Waals surface area contributed by atoms with Gasteiger partial charge in [-0.15, -0.1) is 0 Å². The maximum Gasteiger partial charge on any atom is 0.306 e. The molecule has 366 valence electrons. The second kappa shape index (κ2) is 54.2. The molecule has 0 aliphatic rings. The third-order valence-electron chi connectivity index (χ3n) is 11.1. The highest BCUT2D eigenvalue weighted by Gasteiger charge is 2.17. The summed E-state index contributed by atoms with van der Waals surface area (Å²) in [6.07, 6.45) is 73.0. The molecule has 1 unspecified atom stereocenters. The van der Waals surface area contributed by atoms with Crippen LogP contribution in [0.3, 0.4) is 0 Å². The molecule has 0 rings (SSSR count). The van der Waals surface area contributed by atoms with Crippen LogP contribution in [-0.2, 0) is 23.8 Å². The van der Waals surface area contributed by atoms with E-state index in [1.165, 1.54) is 109 Å². The molecule has 0 bridgehead atoms. The summed E-state index contributed by atoms with van der Waals surface area (Å²) in [6, 6.07) is 0. The van der Waals surface area contributed by atoms with Crippen molar-refractivity contribution in [2.45, 2.75) is 245 Å². The highest BCUT2D eigenvalue weighted by Crippen LogP contribution is 2.15. The Bertz CT molecular complexity index is 1230. The summed E-state index contributed by atoms with van der Waals surface area (Å²) in [5.74, 6) is -0.473. The van der Waals surface area contributed by atoms with E-state index in [9.17, 15) is 9.59 Å².